The van der Waals surface area contributed by atoms with Gasteiger partial charge in [0, 0.05) is 54.1 Å². The maximum atomic E-state index is 13.3. The standard InChI is InChI=1S/C30H37BrN6O/c1-22-28(23(2)34-21-33-22)29(38)35-18-13-30(3,14-19-35)36-16-11-27(12-17-36)37(20-25-6-4-5-15-32-25)26-9-7-24(31)8-10-26/h4-10,15,21,27H,11-14,16-20H2,1-3H3. The Bertz CT molecular complexity index is 1220. The second-order valence-corrected chi connectivity index (χ2v) is 11.8. The minimum Gasteiger partial charge on any atom is -0.363 e. The predicted molar refractivity (Wildman–Crippen MR) is 154 cm³/mol. The molecule has 0 spiro atoms. The highest BCUT2D eigenvalue weighted by molar-refractivity contribution is 9.10. The second kappa shape index (κ2) is 11.5. The van der Waals surface area contributed by atoms with Crippen molar-refractivity contribution in [2.24, 2.45) is 0 Å². The Morgan fingerprint density at radius 3 is 2.24 bits per heavy atom. The molecular formula is C30H37BrN6O. The zero-order chi connectivity index (χ0) is 26.7. The summed E-state index contributed by atoms with van der Waals surface area (Å²) in [7, 11) is 0. The summed E-state index contributed by atoms with van der Waals surface area (Å²) in [4.78, 5) is 33.6. The molecule has 1 amide bonds. The van der Waals surface area contributed by atoms with Crippen molar-refractivity contribution in [3.05, 3.63) is 82.1 Å². The number of carbonyl (C=O) groups is 1. The number of rotatable bonds is 6. The Morgan fingerprint density at radius 2 is 1.63 bits per heavy atom. The van der Waals surface area contributed by atoms with Crippen molar-refractivity contribution in [2.45, 2.75) is 64.6 Å². The summed E-state index contributed by atoms with van der Waals surface area (Å²) in [5, 5.41) is 0. The number of likely N-dealkylation sites (tertiary alicyclic amines) is 2. The van der Waals surface area contributed by atoms with Gasteiger partial charge in [0.05, 0.1) is 29.2 Å². The molecule has 2 aromatic heterocycles. The third-order valence-electron chi connectivity index (χ3n) is 8.45. The molecule has 200 valence electrons. The van der Waals surface area contributed by atoms with Gasteiger partial charge in [-0.05, 0) is 82.9 Å². The van der Waals surface area contributed by atoms with E-state index in [2.05, 4.69) is 84.0 Å². The minimum absolute atomic E-state index is 0.0704. The van der Waals surface area contributed by atoms with Crippen molar-refractivity contribution in [2.75, 3.05) is 31.1 Å². The zero-order valence-corrected chi connectivity index (χ0v) is 24.2. The average Bonchev–Trinajstić information content (AvgIpc) is 2.93. The molecule has 0 aliphatic carbocycles. The van der Waals surface area contributed by atoms with Crippen LogP contribution in [0.2, 0.25) is 0 Å². The van der Waals surface area contributed by atoms with Gasteiger partial charge in [-0.3, -0.25) is 14.7 Å². The minimum atomic E-state index is 0.0704. The first-order valence-electron chi connectivity index (χ1n) is 13.6. The Labute approximate surface area is 234 Å². The second-order valence-electron chi connectivity index (χ2n) is 10.9. The van der Waals surface area contributed by atoms with Gasteiger partial charge in [-0.2, -0.15) is 0 Å². The van der Waals surface area contributed by atoms with E-state index in [9.17, 15) is 4.79 Å². The van der Waals surface area contributed by atoms with Crippen molar-refractivity contribution in [1.29, 1.82) is 0 Å². The Morgan fingerprint density at radius 1 is 0.974 bits per heavy atom. The summed E-state index contributed by atoms with van der Waals surface area (Å²) < 4.78 is 1.09. The highest BCUT2D eigenvalue weighted by Gasteiger charge is 2.39. The highest BCUT2D eigenvalue weighted by Crippen LogP contribution is 2.34. The fraction of sp³-hybridized carbons (Fsp3) is 0.467. The molecule has 1 aromatic carbocycles. The van der Waals surface area contributed by atoms with E-state index >= 15 is 0 Å². The van der Waals surface area contributed by atoms with Crippen molar-refractivity contribution in [3.63, 3.8) is 0 Å². The van der Waals surface area contributed by atoms with Gasteiger partial charge in [-0.15, -0.1) is 0 Å². The average molecular weight is 578 g/mol. The van der Waals surface area contributed by atoms with Crippen LogP contribution in [0.25, 0.3) is 0 Å². The Kier molecular flexibility index (Phi) is 8.09. The number of nitrogens with zero attached hydrogens (tertiary/aromatic N) is 6. The number of aryl methyl sites for hydroxylation is 2. The SMILES string of the molecule is Cc1ncnc(C)c1C(=O)N1CCC(C)(N2CCC(N(Cc3ccccn3)c3ccc(Br)cc3)CC2)CC1. The molecular weight excluding hydrogens is 540 g/mol. The van der Waals surface area contributed by atoms with Gasteiger partial charge in [0.15, 0.2) is 0 Å². The summed E-state index contributed by atoms with van der Waals surface area (Å²) in [6, 6.07) is 15.3. The zero-order valence-electron chi connectivity index (χ0n) is 22.6. The van der Waals surface area contributed by atoms with E-state index < -0.39 is 0 Å². The fourth-order valence-corrected chi connectivity index (χ4v) is 6.28. The van der Waals surface area contributed by atoms with Crippen LogP contribution in [-0.2, 0) is 6.54 Å². The lowest BCUT2D eigenvalue weighted by Gasteiger charge is -2.50. The number of benzene rings is 1. The summed E-state index contributed by atoms with van der Waals surface area (Å²) >= 11 is 3.58. The van der Waals surface area contributed by atoms with E-state index in [4.69, 9.17) is 0 Å². The molecule has 5 rings (SSSR count). The molecule has 0 radical (unpaired) electrons. The number of hydrogen-bond donors (Lipinski definition) is 0. The number of halogens is 1. The van der Waals surface area contributed by atoms with E-state index in [1.807, 2.05) is 31.0 Å². The van der Waals surface area contributed by atoms with E-state index in [1.54, 1.807) is 0 Å². The van der Waals surface area contributed by atoms with E-state index in [-0.39, 0.29) is 11.4 Å². The van der Waals surface area contributed by atoms with Gasteiger partial charge < -0.3 is 9.80 Å². The van der Waals surface area contributed by atoms with Gasteiger partial charge in [0.25, 0.3) is 5.91 Å². The van der Waals surface area contributed by atoms with Gasteiger partial charge in [0.1, 0.15) is 6.33 Å². The number of piperidine rings is 2. The Balaban J connectivity index is 1.22. The van der Waals surface area contributed by atoms with E-state index in [1.165, 1.54) is 12.0 Å². The van der Waals surface area contributed by atoms with Crippen LogP contribution < -0.4 is 4.90 Å². The molecule has 38 heavy (non-hydrogen) atoms. The topological polar surface area (TPSA) is 65.5 Å². The van der Waals surface area contributed by atoms with Crippen molar-refractivity contribution >= 4 is 27.5 Å². The van der Waals surface area contributed by atoms with Crippen LogP contribution in [0.1, 0.15) is 60.0 Å². The number of pyridine rings is 1. The first-order valence-corrected chi connectivity index (χ1v) is 14.4. The van der Waals surface area contributed by atoms with Crippen molar-refractivity contribution < 1.29 is 4.79 Å². The monoisotopic (exact) mass is 576 g/mol. The highest BCUT2D eigenvalue weighted by atomic mass is 79.9. The van der Waals surface area contributed by atoms with Gasteiger partial charge in [0.2, 0.25) is 0 Å². The van der Waals surface area contributed by atoms with Crippen LogP contribution in [0.4, 0.5) is 5.69 Å². The first-order chi connectivity index (χ1) is 18.3. The molecule has 2 aliphatic heterocycles. The third-order valence-corrected chi connectivity index (χ3v) is 8.98. The molecule has 8 heteroatoms. The van der Waals surface area contributed by atoms with Gasteiger partial charge in [-0.25, -0.2) is 9.97 Å². The number of amides is 1. The van der Waals surface area contributed by atoms with E-state index in [0.717, 1.165) is 80.0 Å². The molecule has 0 atom stereocenters. The van der Waals surface area contributed by atoms with Crippen LogP contribution in [0.5, 0.6) is 0 Å². The molecule has 3 aromatic rings. The summed E-state index contributed by atoms with van der Waals surface area (Å²) in [5.41, 5.74) is 4.64. The molecule has 2 saturated heterocycles. The van der Waals surface area contributed by atoms with Gasteiger partial charge in [-0.1, -0.05) is 22.0 Å². The lowest BCUT2D eigenvalue weighted by atomic mass is 9.85. The summed E-state index contributed by atoms with van der Waals surface area (Å²) in [5.74, 6) is 0.0704. The van der Waals surface area contributed by atoms with E-state index in [0.29, 0.717) is 11.6 Å². The summed E-state index contributed by atoms with van der Waals surface area (Å²) in [6.45, 7) is 10.7. The predicted octanol–water partition coefficient (Wildman–Crippen LogP) is 5.42. The Hall–Kier alpha value is -2.84. The molecule has 7 nitrogen and oxygen atoms in total. The molecule has 2 aliphatic rings. The van der Waals surface area contributed by atoms with Crippen LogP contribution >= 0.6 is 15.9 Å². The molecule has 0 N–H and O–H groups in total. The van der Waals surface area contributed by atoms with Crippen molar-refractivity contribution in [1.82, 2.24) is 24.8 Å². The van der Waals surface area contributed by atoms with Crippen LogP contribution in [-0.4, -0.2) is 68.4 Å². The fourth-order valence-electron chi connectivity index (χ4n) is 6.02. The quantitative estimate of drug-likeness (QED) is 0.390. The lowest BCUT2D eigenvalue weighted by molar-refractivity contribution is 0.0170. The molecule has 0 saturated carbocycles. The normalized spacial score (nSPS) is 18.4. The molecule has 0 bridgehead atoms. The summed E-state index contributed by atoms with van der Waals surface area (Å²) in [6.07, 6.45) is 7.61. The maximum Gasteiger partial charge on any atom is 0.257 e. The molecule has 0 unspecified atom stereocenters. The van der Waals surface area contributed by atoms with Gasteiger partial charge >= 0.3 is 0 Å². The number of anilines is 1. The van der Waals surface area contributed by atoms with Crippen LogP contribution in [0.3, 0.4) is 0 Å². The van der Waals surface area contributed by atoms with Crippen LogP contribution in [0.15, 0.2) is 59.5 Å². The third kappa shape index (κ3) is 5.76. The first kappa shape index (κ1) is 26.8. The largest absolute Gasteiger partial charge is 0.363 e. The maximum absolute atomic E-state index is 13.3. The number of carbonyl (C=O) groups excluding carboxylic acids is 1. The van der Waals surface area contributed by atoms with Crippen LogP contribution in [0, 0.1) is 13.8 Å². The number of aromatic nitrogens is 3. The lowest BCUT2D eigenvalue weighted by Crippen LogP contribution is -2.58. The number of hydrogen-bond acceptors (Lipinski definition) is 6. The smallest absolute Gasteiger partial charge is 0.257 e. The molecule has 2 fully saturated rings. The molecule has 4 heterocycles. The van der Waals surface area contributed by atoms with Crippen molar-refractivity contribution in [3.8, 4) is 0 Å².